The van der Waals surface area contributed by atoms with Crippen molar-refractivity contribution in [3.8, 4) is 0 Å². The van der Waals surface area contributed by atoms with Crippen LogP contribution in [0.15, 0.2) is 29.2 Å². The van der Waals surface area contributed by atoms with Crippen molar-refractivity contribution < 1.29 is 32.3 Å². The number of carbonyl (C=O) groups excluding carboxylic acids is 3. The predicted molar refractivity (Wildman–Crippen MR) is 139 cm³/mol. The van der Waals surface area contributed by atoms with Crippen LogP contribution in [-0.4, -0.2) is 75.5 Å². The Balaban J connectivity index is 1.46. The Hall–Kier alpha value is -2.96. The van der Waals surface area contributed by atoms with Crippen molar-refractivity contribution in [1.29, 1.82) is 0 Å². The van der Waals surface area contributed by atoms with Crippen LogP contribution in [0.1, 0.15) is 57.3 Å². The van der Waals surface area contributed by atoms with E-state index in [0.717, 1.165) is 42.5 Å². The van der Waals surface area contributed by atoms with E-state index in [1.165, 1.54) is 51.9 Å². The van der Waals surface area contributed by atoms with Gasteiger partial charge in [-0.3, -0.25) is 4.79 Å². The maximum Gasteiger partial charge on any atom is 0.409 e. The zero-order valence-corrected chi connectivity index (χ0v) is 22.6. The Bertz CT molecular complexity index is 1260. The van der Waals surface area contributed by atoms with E-state index in [4.69, 9.17) is 9.47 Å². The number of thiophene rings is 1. The fourth-order valence-electron chi connectivity index (χ4n) is 4.58. The smallest absolute Gasteiger partial charge is 0.409 e. The minimum Gasteiger partial charge on any atom is -0.465 e. The second-order valence-corrected chi connectivity index (χ2v) is 11.9. The van der Waals surface area contributed by atoms with E-state index in [0.29, 0.717) is 10.6 Å². The van der Waals surface area contributed by atoms with Gasteiger partial charge in [-0.1, -0.05) is 6.42 Å². The summed E-state index contributed by atoms with van der Waals surface area (Å²) in [4.78, 5) is 40.1. The minimum absolute atomic E-state index is 0.0618. The van der Waals surface area contributed by atoms with E-state index in [-0.39, 0.29) is 43.2 Å². The Morgan fingerprint density at radius 2 is 1.68 bits per heavy atom. The molecule has 37 heavy (non-hydrogen) atoms. The lowest BCUT2D eigenvalue weighted by Crippen LogP contribution is -2.50. The van der Waals surface area contributed by atoms with Crippen LogP contribution in [0.5, 0.6) is 0 Å². The molecule has 200 valence electrons. The van der Waals surface area contributed by atoms with Crippen molar-refractivity contribution in [2.45, 2.75) is 43.9 Å². The van der Waals surface area contributed by atoms with Crippen LogP contribution in [-0.2, 0) is 32.3 Å². The molecule has 0 atom stereocenters. The van der Waals surface area contributed by atoms with Crippen molar-refractivity contribution >= 4 is 44.3 Å². The van der Waals surface area contributed by atoms with Gasteiger partial charge in [0.1, 0.15) is 5.00 Å². The molecule has 0 unspecified atom stereocenters. The molecule has 0 radical (unpaired) electrons. The van der Waals surface area contributed by atoms with Crippen LogP contribution in [0, 0.1) is 0 Å². The Morgan fingerprint density at radius 1 is 1.00 bits per heavy atom. The molecule has 1 aliphatic carbocycles. The van der Waals surface area contributed by atoms with Gasteiger partial charge in [-0.05, 0) is 62.4 Å². The average molecular weight is 550 g/mol. The van der Waals surface area contributed by atoms with Crippen LogP contribution in [0.3, 0.4) is 0 Å². The van der Waals surface area contributed by atoms with Gasteiger partial charge in [0.25, 0.3) is 5.91 Å². The Labute approximate surface area is 220 Å². The maximum absolute atomic E-state index is 13.1. The Kier molecular flexibility index (Phi) is 8.50. The number of nitrogens with zero attached hydrogens (tertiary/aromatic N) is 2. The second-order valence-electron chi connectivity index (χ2n) is 8.83. The summed E-state index contributed by atoms with van der Waals surface area (Å²) in [6, 6.07) is 5.69. The first-order chi connectivity index (χ1) is 17.8. The number of hydrogen-bond donors (Lipinski definition) is 1. The van der Waals surface area contributed by atoms with E-state index in [1.807, 2.05) is 0 Å². The normalized spacial score (nSPS) is 16.4. The number of ether oxygens (including phenoxy) is 2. The summed E-state index contributed by atoms with van der Waals surface area (Å²) in [7, 11) is -2.46. The molecule has 1 aliphatic heterocycles. The summed E-state index contributed by atoms with van der Waals surface area (Å²) >= 11 is 1.40. The minimum atomic E-state index is -3.79. The lowest BCUT2D eigenvalue weighted by molar-refractivity contribution is 0.0601. The van der Waals surface area contributed by atoms with Gasteiger partial charge in [-0.15, -0.1) is 11.3 Å². The number of carbonyl (C=O) groups is 3. The van der Waals surface area contributed by atoms with Crippen LogP contribution >= 0.6 is 11.3 Å². The van der Waals surface area contributed by atoms with Crippen LogP contribution in [0.25, 0.3) is 0 Å². The predicted octanol–water partition coefficient (Wildman–Crippen LogP) is 3.52. The molecule has 12 heteroatoms. The van der Waals surface area contributed by atoms with Crippen molar-refractivity contribution in [3.63, 3.8) is 0 Å². The molecule has 1 aromatic carbocycles. The zero-order valence-electron chi connectivity index (χ0n) is 20.9. The van der Waals surface area contributed by atoms with Gasteiger partial charge in [0.2, 0.25) is 10.0 Å². The monoisotopic (exact) mass is 549 g/mol. The summed E-state index contributed by atoms with van der Waals surface area (Å²) in [5, 5.41) is 3.29. The molecule has 0 bridgehead atoms. The van der Waals surface area contributed by atoms with Gasteiger partial charge in [0, 0.05) is 36.6 Å². The number of hydrogen-bond acceptors (Lipinski definition) is 8. The number of amides is 2. The molecule has 2 aliphatic rings. The first kappa shape index (κ1) is 27.1. The molecule has 2 amide bonds. The number of sulfonamides is 1. The number of nitrogens with one attached hydrogen (secondary N) is 1. The molecular weight excluding hydrogens is 518 g/mol. The van der Waals surface area contributed by atoms with Gasteiger partial charge in [0.15, 0.2) is 0 Å². The van der Waals surface area contributed by atoms with Crippen molar-refractivity contribution in [2.24, 2.45) is 0 Å². The first-order valence-electron chi connectivity index (χ1n) is 12.3. The number of rotatable bonds is 6. The van der Waals surface area contributed by atoms with Gasteiger partial charge in [0.05, 0.1) is 24.2 Å². The fourth-order valence-corrected chi connectivity index (χ4v) is 7.27. The molecule has 0 spiro atoms. The zero-order chi connectivity index (χ0) is 26.6. The lowest BCUT2D eigenvalue weighted by Gasteiger charge is -2.33. The summed E-state index contributed by atoms with van der Waals surface area (Å²) < 4.78 is 37.5. The van der Waals surface area contributed by atoms with Crippen LogP contribution in [0.4, 0.5) is 9.80 Å². The number of anilines is 1. The van der Waals surface area contributed by atoms with Crippen molar-refractivity contribution in [1.82, 2.24) is 9.21 Å². The maximum atomic E-state index is 13.1. The molecule has 1 fully saturated rings. The van der Waals surface area contributed by atoms with Crippen molar-refractivity contribution in [2.75, 3.05) is 45.2 Å². The third-order valence-corrected chi connectivity index (χ3v) is 9.68. The van der Waals surface area contributed by atoms with Gasteiger partial charge in [-0.25, -0.2) is 18.0 Å². The van der Waals surface area contributed by atoms with Gasteiger partial charge >= 0.3 is 12.1 Å². The molecule has 1 N–H and O–H groups in total. The SMILES string of the molecule is CCOC(=O)N1CCN(S(=O)(=O)c2ccc(C(=O)Nc3sc4c(c3C(=O)OC)CCCCC4)cc2)CC1. The quantitative estimate of drug-likeness (QED) is 0.432. The number of piperazine rings is 1. The van der Waals surface area contributed by atoms with Gasteiger partial charge in [-0.2, -0.15) is 4.31 Å². The molecule has 0 saturated carbocycles. The van der Waals surface area contributed by atoms with Crippen LogP contribution in [0.2, 0.25) is 0 Å². The highest BCUT2D eigenvalue weighted by atomic mass is 32.2. The van der Waals surface area contributed by atoms with Gasteiger partial charge < -0.3 is 19.7 Å². The molecule has 1 saturated heterocycles. The number of aryl methyl sites for hydroxylation is 1. The van der Waals surface area contributed by atoms with E-state index in [9.17, 15) is 22.8 Å². The highest BCUT2D eigenvalue weighted by Gasteiger charge is 2.31. The van der Waals surface area contributed by atoms with E-state index < -0.39 is 28.0 Å². The number of esters is 1. The third-order valence-electron chi connectivity index (χ3n) is 6.56. The number of methoxy groups -OCH3 is 1. The topological polar surface area (TPSA) is 122 Å². The Morgan fingerprint density at radius 3 is 2.32 bits per heavy atom. The lowest BCUT2D eigenvalue weighted by atomic mass is 10.1. The molecule has 10 nitrogen and oxygen atoms in total. The van der Waals surface area contributed by atoms with E-state index >= 15 is 0 Å². The average Bonchev–Trinajstić information content (AvgIpc) is 3.08. The molecule has 2 heterocycles. The summed E-state index contributed by atoms with van der Waals surface area (Å²) in [5.74, 6) is -0.909. The third kappa shape index (κ3) is 5.81. The summed E-state index contributed by atoms with van der Waals surface area (Å²) in [6.45, 7) is 2.77. The van der Waals surface area contributed by atoms with E-state index in [2.05, 4.69) is 5.32 Å². The molecule has 4 rings (SSSR count). The largest absolute Gasteiger partial charge is 0.465 e. The molecule has 2 aromatic rings. The number of benzene rings is 1. The van der Waals surface area contributed by atoms with Crippen LogP contribution < -0.4 is 5.32 Å². The number of fused-ring (bicyclic) bond motifs is 1. The summed E-state index contributed by atoms with van der Waals surface area (Å²) in [5.41, 5.74) is 1.64. The highest BCUT2D eigenvalue weighted by molar-refractivity contribution is 7.89. The summed E-state index contributed by atoms with van der Waals surface area (Å²) in [6.07, 6.45) is 4.30. The second kappa shape index (κ2) is 11.6. The highest BCUT2D eigenvalue weighted by Crippen LogP contribution is 2.38. The molecular formula is C25H31N3O7S2. The molecule has 1 aromatic heterocycles. The standard InChI is InChI=1S/C25H31N3O7S2/c1-3-35-25(31)27-13-15-28(16-14-27)37(32,33)18-11-9-17(10-12-18)22(29)26-23-21(24(30)34-2)19-7-5-4-6-8-20(19)36-23/h9-12H,3-8,13-16H2,1-2H3,(H,26,29). The van der Waals surface area contributed by atoms with Crippen molar-refractivity contribution in [3.05, 3.63) is 45.8 Å². The first-order valence-corrected chi connectivity index (χ1v) is 14.6. The fraction of sp³-hybridized carbons (Fsp3) is 0.480. The van der Waals surface area contributed by atoms with E-state index in [1.54, 1.807) is 6.92 Å².